The van der Waals surface area contributed by atoms with Crippen molar-refractivity contribution in [1.82, 2.24) is 14.9 Å². The maximum absolute atomic E-state index is 13.0. The summed E-state index contributed by atoms with van der Waals surface area (Å²) in [5, 5.41) is 4.37. The summed E-state index contributed by atoms with van der Waals surface area (Å²) in [7, 11) is -2.45. The van der Waals surface area contributed by atoms with Crippen LogP contribution >= 0.6 is 0 Å². The Morgan fingerprint density at radius 1 is 1.10 bits per heavy atom. The highest BCUT2D eigenvalue weighted by atomic mass is 32.2. The molecule has 1 aliphatic rings. The summed E-state index contributed by atoms with van der Waals surface area (Å²) in [6.07, 6.45) is 3.52. The zero-order valence-corrected chi connectivity index (χ0v) is 17.9. The standard InChI is InChI=1S/C19H27N3O7S/c1-3-20-19(25)21-17(23)13-29-18(24)15-12-14(8-9-16(15)28-2)30(26,27)22-10-6-4-5-7-11-22/h8-9,12H,3-7,10-11,13H2,1-2H3,(H2,20,21,23,25). The lowest BCUT2D eigenvalue weighted by Gasteiger charge is -2.20. The molecule has 166 valence electrons. The average molecular weight is 442 g/mol. The Bertz CT molecular complexity index is 878. The van der Waals surface area contributed by atoms with Crippen molar-refractivity contribution in [2.75, 3.05) is 33.4 Å². The van der Waals surface area contributed by atoms with Gasteiger partial charge < -0.3 is 14.8 Å². The molecule has 0 aliphatic carbocycles. The Kier molecular flexibility index (Phi) is 8.60. The van der Waals surface area contributed by atoms with Gasteiger partial charge in [-0.3, -0.25) is 10.1 Å². The summed E-state index contributed by atoms with van der Waals surface area (Å²) in [6.45, 7) is 2.15. The molecule has 0 aromatic heterocycles. The first-order valence-corrected chi connectivity index (χ1v) is 11.2. The number of carbonyl (C=O) groups excluding carboxylic acids is 3. The highest BCUT2D eigenvalue weighted by molar-refractivity contribution is 7.89. The summed E-state index contributed by atoms with van der Waals surface area (Å²) in [5.41, 5.74) is -0.126. The number of amides is 3. The Balaban J connectivity index is 2.16. The number of ether oxygens (including phenoxy) is 2. The van der Waals surface area contributed by atoms with Crippen LogP contribution in [0.2, 0.25) is 0 Å². The van der Waals surface area contributed by atoms with Gasteiger partial charge in [-0.1, -0.05) is 12.8 Å². The van der Waals surface area contributed by atoms with Crippen molar-refractivity contribution >= 4 is 27.9 Å². The van der Waals surface area contributed by atoms with Gasteiger partial charge in [-0.15, -0.1) is 0 Å². The third-order valence-corrected chi connectivity index (χ3v) is 6.41. The molecule has 2 N–H and O–H groups in total. The van der Waals surface area contributed by atoms with Gasteiger partial charge in [-0.2, -0.15) is 4.31 Å². The number of imide groups is 1. The lowest BCUT2D eigenvalue weighted by Crippen LogP contribution is -2.41. The quantitative estimate of drug-likeness (QED) is 0.609. The van der Waals surface area contributed by atoms with Crippen LogP contribution in [0.4, 0.5) is 4.79 Å². The molecule has 3 amide bonds. The highest BCUT2D eigenvalue weighted by Gasteiger charge is 2.27. The van der Waals surface area contributed by atoms with Crippen molar-refractivity contribution in [2.45, 2.75) is 37.5 Å². The van der Waals surface area contributed by atoms with Crippen molar-refractivity contribution in [3.05, 3.63) is 23.8 Å². The number of methoxy groups -OCH3 is 1. The van der Waals surface area contributed by atoms with Crippen molar-refractivity contribution in [3.63, 3.8) is 0 Å². The number of benzene rings is 1. The second-order valence-corrected chi connectivity index (χ2v) is 8.60. The first-order valence-electron chi connectivity index (χ1n) is 9.72. The molecule has 0 atom stereocenters. The van der Waals surface area contributed by atoms with Crippen LogP contribution in [0, 0.1) is 0 Å². The smallest absolute Gasteiger partial charge is 0.342 e. The summed E-state index contributed by atoms with van der Waals surface area (Å²) in [5.74, 6) is -1.65. The largest absolute Gasteiger partial charge is 0.496 e. The van der Waals surface area contributed by atoms with Crippen molar-refractivity contribution in [1.29, 1.82) is 0 Å². The van der Waals surface area contributed by atoms with Crippen molar-refractivity contribution in [2.24, 2.45) is 0 Å². The first kappa shape index (κ1) is 23.6. The number of nitrogens with one attached hydrogen (secondary N) is 2. The Hall–Kier alpha value is -2.66. The van der Waals surface area contributed by atoms with E-state index < -0.39 is 34.5 Å². The predicted molar refractivity (Wildman–Crippen MR) is 108 cm³/mol. The summed E-state index contributed by atoms with van der Waals surface area (Å²) in [4.78, 5) is 35.4. The van der Waals surface area contributed by atoms with E-state index in [2.05, 4.69) is 5.32 Å². The zero-order valence-electron chi connectivity index (χ0n) is 17.1. The number of hydrogen-bond acceptors (Lipinski definition) is 7. The molecule has 0 saturated carbocycles. The fourth-order valence-corrected chi connectivity index (χ4v) is 4.56. The Morgan fingerprint density at radius 2 is 1.77 bits per heavy atom. The first-order chi connectivity index (χ1) is 14.3. The molecule has 1 aliphatic heterocycles. The van der Waals surface area contributed by atoms with E-state index in [1.54, 1.807) is 6.92 Å². The second kappa shape index (κ2) is 10.9. The second-order valence-electron chi connectivity index (χ2n) is 6.66. The molecule has 0 bridgehead atoms. The number of esters is 1. The van der Waals surface area contributed by atoms with Crippen LogP contribution in [0.15, 0.2) is 23.1 Å². The number of rotatable bonds is 7. The molecular weight excluding hydrogens is 414 g/mol. The minimum absolute atomic E-state index is 0.0519. The molecule has 11 heteroatoms. The van der Waals surface area contributed by atoms with Crippen LogP contribution in [0.3, 0.4) is 0 Å². The maximum Gasteiger partial charge on any atom is 0.342 e. The lowest BCUT2D eigenvalue weighted by atomic mass is 10.2. The van der Waals surface area contributed by atoms with Crippen LogP contribution < -0.4 is 15.4 Å². The molecule has 1 saturated heterocycles. The number of urea groups is 1. The monoisotopic (exact) mass is 441 g/mol. The molecule has 0 unspecified atom stereocenters. The molecule has 30 heavy (non-hydrogen) atoms. The third kappa shape index (κ3) is 6.17. The number of sulfonamides is 1. The number of nitrogens with zero attached hydrogens (tertiary/aromatic N) is 1. The van der Waals surface area contributed by atoms with Crippen LogP contribution in [-0.4, -0.2) is 64.0 Å². The van der Waals surface area contributed by atoms with Crippen LogP contribution in [0.5, 0.6) is 5.75 Å². The van der Waals surface area contributed by atoms with Crippen LogP contribution in [0.1, 0.15) is 43.0 Å². The summed E-state index contributed by atoms with van der Waals surface area (Å²) < 4.78 is 37.4. The van der Waals surface area contributed by atoms with Crippen molar-refractivity contribution < 1.29 is 32.3 Å². The predicted octanol–water partition coefficient (Wildman–Crippen LogP) is 1.26. The van der Waals surface area contributed by atoms with Gasteiger partial charge in [0.15, 0.2) is 6.61 Å². The van der Waals surface area contributed by atoms with Gasteiger partial charge >= 0.3 is 12.0 Å². The van der Waals surface area contributed by atoms with E-state index in [1.165, 1.54) is 29.6 Å². The SMILES string of the molecule is CCNC(=O)NC(=O)COC(=O)c1cc(S(=O)(=O)N2CCCCCC2)ccc1OC. The van der Waals surface area contributed by atoms with E-state index in [9.17, 15) is 22.8 Å². The average Bonchev–Trinajstić information content (AvgIpc) is 3.01. The molecule has 1 fully saturated rings. The summed E-state index contributed by atoms with van der Waals surface area (Å²) >= 11 is 0. The van der Waals surface area contributed by atoms with E-state index in [0.29, 0.717) is 19.6 Å². The number of carbonyl (C=O) groups is 3. The number of hydrogen-bond donors (Lipinski definition) is 2. The normalized spacial score (nSPS) is 15.0. The fourth-order valence-electron chi connectivity index (χ4n) is 3.01. The molecule has 1 aromatic carbocycles. The third-order valence-electron chi connectivity index (χ3n) is 4.52. The lowest BCUT2D eigenvalue weighted by molar-refractivity contribution is -0.123. The van der Waals surface area contributed by atoms with E-state index in [-0.39, 0.29) is 16.2 Å². The molecule has 0 spiro atoms. The van der Waals surface area contributed by atoms with Crippen LogP contribution in [-0.2, 0) is 19.6 Å². The van der Waals surface area contributed by atoms with Gasteiger partial charge in [-0.25, -0.2) is 18.0 Å². The van der Waals surface area contributed by atoms with E-state index in [0.717, 1.165) is 25.7 Å². The van der Waals surface area contributed by atoms with Gasteiger partial charge in [0, 0.05) is 19.6 Å². The summed E-state index contributed by atoms with van der Waals surface area (Å²) in [6, 6.07) is 3.22. The molecular formula is C19H27N3O7S. The van der Waals surface area contributed by atoms with Gasteiger partial charge in [0.1, 0.15) is 11.3 Å². The van der Waals surface area contributed by atoms with Gasteiger partial charge in [0.2, 0.25) is 10.0 Å². The topological polar surface area (TPSA) is 131 Å². The molecule has 0 radical (unpaired) electrons. The van der Waals surface area contributed by atoms with Gasteiger partial charge in [-0.05, 0) is 38.0 Å². The zero-order chi connectivity index (χ0) is 22.1. The van der Waals surface area contributed by atoms with E-state index in [1.807, 2.05) is 5.32 Å². The molecule has 1 heterocycles. The van der Waals surface area contributed by atoms with Crippen LogP contribution in [0.25, 0.3) is 0 Å². The molecule has 2 rings (SSSR count). The van der Waals surface area contributed by atoms with Gasteiger partial charge in [0.25, 0.3) is 5.91 Å². The molecule has 10 nitrogen and oxygen atoms in total. The highest BCUT2D eigenvalue weighted by Crippen LogP contribution is 2.26. The van der Waals surface area contributed by atoms with Gasteiger partial charge in [0.05, 0.1) is 12.0 Å². The van der Waals surface area contributed by atoms with E-state index >= 15 is 0 Å². The Labute approximate surface area is 176 Å². The fraction of sp³-hybridized carbons (Fsp3) is 0.526. The van der Waals surface area contributed by atoms with E-state index in [4.69, 9.17) is 9.47 Å². The van der Waals surface area contributed by atoms with Crippen molar-refractivity contribution in [3.8, 4) is 5.75 Å². The maximum atomic E-state index is 13.0. The minimum atomic E-state index is -3.78. The minimum Gasteiger partial charge on any atom is -0.496 e. The Morgan fingerprint density at radius 3 is 2.37 bits per heavy atom. The molecule has 1 aromatic rings.